The molecule has 0 N–H and O–H groups in total. The van der Waals surface area contributed by atoms with Crippen molar-refractivity contribution in [3.63, 3.8) is 0 Å². The van der Waals surface area contributed by atoms with E-state index < -0.39 is 0 Å². The van der Waals surface area contributed by atoms with Crippen LogP contribution in [0.5, 0.6) is 5.75 Å². The average molecular weight is 348 g/mol. The summed E-state index contributed by atoms with van der Waals surface area (Å²) in [5.74, 6) is 1.42. The highest BCUT2D eigenvalue weighted by atomic mass is 35.5. The van der Waals surface area contributed by atoms with Gasteiger partial charge in [0.15, 0.2) is 5.69 Å². The molecule has 0 spiro atoms. The van der Waals surface area contributed by atoms with Gasteiger partial charge in [0.2, 0.25) is 0 Å². The number of hydrogen-bond acceptors (Lipinski definition) is 5. The zero-order valence-corrected chi connectivity index (χ0v) is 14.0. The highest BCUT2D eigenvalue weighted by Crippen LogP contribution is 2.28. The van der Waals surface area contributed by atoms with E-state index in [2.05, 4.69) is 10.1 Å². The van der Waals surface area contributed by atoms with Crippen LogP contribution in [0.25, 0.3) is 0 Å². The second-order valence-electron chi connectivity index (χ2n) is 6.23. The molecule has 0 radical (unpaired) electrons. The van der Waals surface area contributed by atoms with Gasteiger partial charge in [-0.2, -0.15) is 0 Å². The van der Waals surface area contributed by atoms with Gasteiger partial charge in [0.1, 0.15) is 22.6 Å². The molecule has 0 unspecified atom stereocenters. The van der Waals surface area contributed by atoms with E-state index in [1.165, 1.54) is 0 Å². The maximum Gasteiger partial charge on any atom is 0.276 e. The SMILES string of the molecule is O=C(c1noc2c1CCCC2)N1CC[C@H](Oc2ccncc2Cl)C1. The molecule has 2 aromatic rings. The molecule has 4 rings (SSSR count). The molecule has 0 aromatic carbocycles. The molecule has 7 heteroatoms. The molecule has 1 saturated heterocycles. The zero-order chi connectivity index (χ0) is 16.5. The highest BCUT2D eigenvalue weighted by molar-refractivity contribution is 6.31. The predicted octanol–water partition coefficient (Wildman–Crippen LogP) is 2.90. The van der Waals surface area contributed by atoms with Gasteiger partial charge in [0.05, 0.1) is 6.54 Å². The summed E-state index contributed by atoms with van der Waals surface area (Å²) >= 11 is 6.07. The fraction of sp³-hybridized carbons (Fsp3) is 0.471. The lowest BCUT2D eigenvalue weighted by atomic mass is 9.96. The fourth-order valence-electron chi connectivity index (χ4n) is 3.35. The van der Waals surface area contributed by atoms with Crippen LogP contribution in [0.3, 0.4) is 0 Å². The normalized spacial score (nSPS) is 20.0. The van der Waals surface area contributed by atoms with Crippen molar-refractivity contribution in [3.05, 3.63) is 40.5 Å². The Morgan fingerprint density at radius 2 is 2.25 bits per heavy atom. The molecule has 1 atom stereocenters. The fourth-order valence-corrected chi connectivity index (χ4v) is 3.51. The summed E-state index contributed by atoms with van der Waals surface area (Å²) in [6.07, 6.45) is 7.82. The quantitative estimate of drug-likeness (QED) is 0.854. The first-order valence-corrected chi connectivity index (χ1v) is 8.63. The van der Waals surface area contributed by atoms with E-state index in [1.807, 2.05) is 0 Å². The summed E-state index contributed by atoms with van der Waals surface area (Å²) in [4.78, 5) is 18.5. The Labute approximate surface area is 144 Å². The average Bonchev–Trinajstić information content (AvgIpc) is 3.23. The summed E-state index contributed by atoms with van der Waals surface area (Å²) in [5.41, 5.74) is 1.47. The number of halogens is 1. The largest absolute Gasteiger partial charge is 0.487 e. The summed E-state index contributed by atoms with van der Waals surface area (Å²) < 4.78 is 11.3. The van der Waals surface area contributed by atoms with Crippen LogP contribution < -0.4 is 4.74 Å². The lowest BCUT2D eigenvalue weighted by Crippen LogP contribution is -2.32. The number of ether oxygens (including phenoxy) is 1. The molecule has 2 aliphatic rings. The van der Waals surface area contributed by atoms with Gasteiger partial charge in [-0.1, -0.05) is 16.8 Å². The molecule has 3 heterocycles. The first kappa shape index (κ1) is 15.4. The van der Waals surface area contributed by atoms with E-state index >= 15 is 0 Å². The minimum absolute atomic E-state index is 0.0613. The highest BCUT2D eigenvalue weighted by Gasteiger charge is 2.33. The minimum atomic E-state index is -0.0726. The molecule has 1 aliphatic heterocycles. The Morgan fingerprint density at radius 1 is 1.38 bits per heavy atom. The van der Waals surface area contributed by atoms with Gasteiger partial charge >= 0.3 is 0 Å². The molecule has 0 saturated carbocycles. The van der Waals surface area contributed by atoms with Gasteiger partial charge in [-0.05, 0) is 19.3 Å². The van der Waals surface area contributed by atoms with Crippen molar-refractivity contribution in [2.24, 2.45) is 0 Å². The summed E-state index contributed by atoms with van der Waals surface area (Å²) in [5, 5.41) is 4.51. The van der Waals surface area contributed by atoms with E-state index in [-0.39, 0.29) is 12.0 Å². The molecule has 1 fully saturated rings. The van der Waals surface area contributed by atoms with Crippen LogP contribution in [-0.4, -0.2) is 40.1 Å². The van der Waals surface area contributed by atoms with E-state index in [0.29, 0.717) is 29.6 Å². The lowest BCUT2D eigenvalue weighted by molar-refractivity contribution is 0.0761. The number of aromatic nitrogens is 2. The number of carbonyl (C=O) groups is 1. The molecular weight excluding hydrogens is 330 g/mol. The molecule has 0 bridgehead atoms. The van der Waals surface area contributed by atoms with Crippen molar-refractivity contribution >= 4 is 17.5 Å². The zero-order valence-electron chi connectivity index (χ0n) is 13.2. The maximum absolute atomic E-state index is 12.8. The van der Waals surface area contributed by atoms with Crippen molar-refractivity contribution in [2.45, 2.75) is 38.2 Å². The standard InChI is InChI=1S/C17H18ClN3O3/c18-13-9-19-7-5-15(13)23-11-6-8-21(10-11)17(22)16-12-3-1-2-4-14(12)24-20-16/h5,7,9,11H,1-4,6,8,10H2/t11-/m0/s1. The van der Waals surface area contributed by atoms with Crippen molar-refractivity contribution in [1.29, 1.82) is 0 Å². The number of fused-ring (bicyclic) bond motifs is 1. The van der Waals surface area contributed by atoms with Gasteiger partial charge < -0.3 is 14.2 Å². The Morgan fingerprint density at radius 3 is 3.12 bits per heavy atom. The molecule has 6 nitrogen and oxygen atoms in total. The summed E-state index contributed by atoms with van der Waals surface area (Å²) in [7, 11) is 0. The molecular formula is C17H18ClN3O3. The van der Waals surface area contributed by atoms with Crippen molar-refractivity contribution in [3.8, 4) is 5.75 Å². The molecule has 126 valence electrons. The number of hydrogen-bond donors (Lipinski definition) is 0. The molecule has 1 amide bonds. The monoisotopic (exact) mass is 347 g/mol. The van der Waals surface area contributed by atoms with E-state index in [0.717, 1.165) is 43.4 Å². The summed E-state index contributed by atoms with van der Waals surface area (Å²) in [6.45, 7) is 1.17. The van der Waals surface area contributed by atoms with Gasteiger partial charge in [-0.15, -0.1) is 0 Å². The molecule has 1 aliphatic carbocycles. The number of pyridine rings is 1. The van der Waals surface area contributed by atoms with Crippen molar-refractivity contribution in [1.82, 2.24) is 15.0 Å². The Balaban J connectivity index is 1.44. The number of nitrogens with zero attached hydrogens (tertiary/aromatic N) is 3. The first-order valence-electron chi connectivity index (χ1n) is 8.25. The van der Waals surface area contributed by atoms with Crippen LogP contribution in [0.15, 0.2) is 23.0 Å². The number of likely N-dealkylation sites (tertiary alicyclic amines) is 1. The third-order valence-corrected chi connectivity index (χ3v) is 4.90. The van der Waals surface area contributed by atoms with Crippen molar-refractivity contribution < 1.29 is 14.1 Å². The first-order chi connectivity index (χ1) is 11.7. The van der Waals surface area contributed by atoms with Crippen LogP contribution in [0.2, 0.25) is 5.02 Å². The second-order valence-corrected chi connectivity index (χ2v) is 6.63. The Kier molecular flexibility index (Phi) is 4.14. The third kappa shape index (κ3) is 2.86. The van der Waals surface area contributed by atoms with Gasteiger partial charge in [-0.25, -0.2) is 0 Å². The van der Waals surface area contributed by atoms with E-state index in [9.17, 15) is 4.79 Å². The topological polar surface area (TPSA) is 68.5 Å². The lowest BCUT2D eigenvalue weighted by Gasteiger charge is -2.17. The van der Waals surface area contributed by atoms with Crippen LogP contribution in [0.1, 0.15) is 41.1 Å². The van der Waals surface area contributed by atoms with Crippen molar-refractivity contribution in [2.75, 3.05) is 13.1 Å². The van der Waals surface area contributed by atoms with Gasteiger partial charge in [-0.3, -0.25) is 9.78 Å². The molecule has 2 aromatic heterocycles. The maximum atomic E-state index is 12.8. The smallest absolute Gasteiger partial charge is 0.276 e. The van der Waals surface area contributed by atoms with Crippen LogP contribution in [0, 0.1) is 0 Å². The van der Waals surface area contributed by atoms with E-state index in [4.69, 9.17) is 20.9 Å². The number of aryl methyl sites for hydroxylation is 1. The van der Waals surface area contributed by atoms with Crippen LogP contribution >= 0.6 is 11.6 Å². The number of carbonyl (C=O) groups excluding carboxylic acids is 1. The number of rotatable bonds is 3. The Hall–Kier alpha value is -2.08. The van der Waals surface area contributed by atoms with Gasteiger partial charge in [0.25, 0.3) is 5.91 Å². The van der Waals surface area contributed by atoms with Crippen LogP contribution in [-0.2, 0) is 12.8 Å². The predicted molar refractivity (Wildman–Crippen MR) is 87.3 cm³/mol. The van der Waals surface area contributed by atoms with Gasteiger partial charge in [0, 0.05) is 43.4 Å². The summed E-state index contributed by atoms with van der Waals surface area (Å²) in [6, 6.07) is 1.74. The minimum Gasteiger partial charge on any atom is -0.487 e. The Bertz CT molecular complexity index is 761. The second kappa shape index (κ2) is 6.43. The number of amides is 1. The van der Waals surface area contributed by atoms with E-state index in [1.54, 1.807) is 23.4 Å². The van der Waals surface area contributed by atoms with Crippen LogP contribution in [0.4, 0.5) is 0 Å². The third-order valence-electron chi connectivity index (χ3n) is 4.61. The molecule has 24 heavy (non-hydrogen) atoms.